The maximum Gasteiger partial charge on any atom is 0.302 e. The molecular weight excluding hydrogens is 416 g/mol. The third-order valence-corrected chi connectivity index (χ3v) is 11.1. The van der Waals surface area contributed by atoms with Crippen molar-refractivity contribution in [1.29, 1.82) is 0 Å². The first kappa shape index (κ1) is 24.4. The van der Waals surface area contributed by atoms with Crippen LogP contribution in [0.5, 0.6) is 0 Å². The maximum absolute atomic E-state index is 12.1. The monoisotopic (exact) mass is 460 g/mol. The molecule has 0 aromatic carbocycles. The van der Waals surface area contributed by atoms with Crippen LogP contribution in [-0.2, 0) is 14.3 Å². The Bertz CT molecular complexity index is 760. The summed E-state index contributed by atoms with van der Waals surface area (Å²) in [5, 5.41) is 0.380. The normalized spacial score (nSPS) is 41.7. The molecule has 3 nitrogen and oxygen atoms in total. The molecule has 0 N–H and O–H groups in total. The molecule has 1 unspecified atom stereocenters. The molecule has 3 saturated carbocycles. The molecular formula is C28H44O3S. The predicted octanol–water partition coefficient (Wildman–Crippen LogP) is 7.19. The van der Waals surface area contributed by atoms with Crippen molar-refractivity contribution in [2.45, 2.75) is 105 Å². The van der Waals surface area contributed by atoms with Crippen molar-refractivity contribution in [1.82, 2.24) is 0 Å². The van der Waals surface area contributed by atoms with Crippen LogP contribution in [0.25, 0.3) is 0 Å². The molecule has 0 aliphatic heterocycles. The first-order valence-corrected chi connectivity index (χ1v) is 14.2. The van der Waals surface area contributed by atoms with Crippen LogP contribution in [0.2, 0.25) is 0 Å². The van der Waals surface area contributed by atoms with E-state index in [2.05, 4.69) is 33.8 Å². The zero-order valence-electron chi connectivity index (χ0n) is 21.0. The van der Waals surface area contributed by atoms with Crippen LogP contribution in [0.15, 0.2) is 11.6 Å². The number of rotatable bonds is 6. The second-order valence-corrected chi connectivity index (χ2v) is 13.1. The molecule has 8 atom stereocenters. The van der Waals surface area contributed by atoms with E-state index in [1.54, 1.807) is 5.57 Å². The summed E-state index contributed by atoms with van der Waals surface area (Å²) < 4.78 is 5.60. The van der Waals surface area contributed by atoms with Crippen LogP contribution in [0.1, 0.15) is 98.8 Å². The Morgan fingerprint density at radius 2 is 1.94 bits per heavy atom. The molecule has 4 aliphatic carbocycles. The van der Waals surface area contributed by atoms with Crippen LogP contribution >= 0.6 is 11.8 Å². The average Bonchev–Trinajstić information content (AvgIpc) is 3.09. The Kier molecular flexibility index (Phi) is 7.21. The molecule has 0 saturated heterocycles. The van der Waals surface area contributed by atoms with E-state index in [4.69, 9.17) is 4.74 Å². The van der Waals surface area contributed by atoms with Crippen molar-refractivity contribution in [2.75, 3.05) is 5.75 Å². The lowest BCUT2D eigenvalue weighted by molar-refractivity contribution is -0.148. The molecule has 0 radical (unpaired) electrons. The molecule has 4 rings (SSSR count). The van der Waals surface area contributed by atoms with Crippen LogP contribution in [0.3, 0.4) is 0 Å². The van der Waals surface area contributed by atoms with Gasteiger partial charge in [-0.05, 0) is 97.5 Å². The molecule has 4 heteroatoms. The highest BCUT2D eigenvalue weighted by Crippen LogP contribution is 2.67. The lowest BCUT2D eigenvalue weighted by Crippen LogP contribution is -2.51. The number of esters is 1. The number of hydrogen-bond acceptors (Lipinski definition) is 4. The highest BCUT2D eigenvalue weighted by Gasteiger charge is 2.59. The summed E-state index contributed by atoms with van der Waals surface area (Å²) in [6, 6.07) is 0. The van der Waals surface area contributed by atoms with Crippen LogP contribution in [-0.4, -0.2) is 22.9 Å². The molecule has 0 amide bonds. The lowest BCUT2D eigenvalue weighted by Gasteiger charge is -2.58. The van der Waals surface area contributed by atoms with E-state index < -0.39 is 0 Å². The van der Waals surface area contributed by atoms with Gasteiger partial charge in [-0.15, -0.1) is 0 Å². The standard InChI is InChI=1S/C28H44O3S/c1-6-32-26(30)12-7-18(2)23-10-11-24-22-9-8-20-17-21(31-19(3)29)13-15-27(20,4)25(22)14-16-28(23,24)5/h8,18,21-25H,6-7,9-17H2,1-5H3/t18-,21?,22+,23-,24+,25+,27+,28-/m1/s1. The highest BCUT2D eigenvalue weighted by molar-refractivity contribution is 8.13. The number of carbonyl (C=O) groups is 2. The zero-order chi connectivity index (χ0) is 23.1. The van der Waals surface area contributed by atoms with E-state index in [9.17, 15) is 9.59 Å². The van der Waals surface area contributed by atoms with E-state index in [0.29, 0.717) is 21.9 Å². The topological polar surface area (TPSA) is 43.4 Å². The minimum absolute atomic E-state index is 0.0857. The fraction of sp³-hybridized carbons (Fsp3) is 0.857. The quantitative estimate of drug-likeness (QED) is 0.311. The van der Waals surface area contributed by atoms with E-state index in [1.807, 2.05) is 0 Å². The number of allylic oxidation sites excluding steroid dienone is 1. The van der Waals surface area contributed by atoms with Gasteiger partial charge in [-0.3, -0.25) is 9.59 Å². The summed E-state index contributed by atoms with van der Waals surface area (Å²) in [5.74, 6) is 4.60. The van der Waals surface area contributed by atoms with Gasteiger partial charge in [0.2, 0.25) is 0 Å². The van der Waals surface area contributed by atoms with Gasteiger partial charge in [0.1, 0.15) is 6.10 Å². The number of carbonyl (C=O) groups excluding carboxylic acids is 2. The molecule has 0 aromatic heterocycles. The van der Waals surface area contributed by atoms with Gasteiger partial charge in [-0.2, -0.15) is 0 Å². The Labute approximate surface area is 199 Å². The van der Waals surface area contributed by atoms with Crippen molar-refractivity contribution in [3.8, 4) is 0 Å². The van der Waals surface area contributed by atoms with Crippen molar-refractivity contribution >= 4 is 22.8 Å². The van der Waals surface area contributed by atoms with Gasteiger partial charge in [-0.1, -0.05) is 51.1 Å². The fourth-order valence-electron chi connectivity index (χ4n) is 8.72. The molecule has 0 bridgehead atoms. The van der Waals surface area contributed by atoms with Crippen LogP contribution in [0, 0.1) is 40.4 Å². The zero-order valence-corrected chi connectivity index (χ0v) is 21.8. The molecule has 3 fully saturated rings. The number of hydrogen-bond donors (Lipinski definition) is 0. The lowest BCUT2D eigenvalue weighted by atomic mass is 9.47. The summed E-state index contributed by atoms with van der Waals surface area (Å²) in [7, 11) is 0. The van der Waals surface area contributed by atoms with E-state index in [0.717, 1.165) is 55.1 Å². The van der Waals surface area contributed by atoms with E-state index in [-0.39, 0.29) is 12.1 Å². The molecule has 4 aliphatic rings. The van der Waals surface area contributed by atoms with Gasteiger partial charge in [0.05, 0.1) is 0 Å². The summed E-state index contributed by atoms with van der Waals surface area (Å²) in [6.07, 6.45) is 14.2. The average molecular weight is 461 g/mol. The molecule has 0 spiro atoms. The van der Waals surface area contributed by atoms with Crippen molar-refractivity contribution < 1.29 is 14.3 Å². The van der Waals surface area contributed by atoms with Crippen molar-refractivity contribution in [3.63, 3.8) is 0 Å². The Morgan fingerprint density at radius 1 is 1.16 bits per heavy atom. The fourth-order valence-corrected chi connectivity index (χ4v) is 9.30. The minimum Gasteiger partial charge on any atom is -0.462 e. The largest absolute Gasteiger partial charge is 0.462 e. The summed E-state index contributed by atoms with van der Waals surface area (Å²) in [5.41, 5.74) is 2.32. The predicted molar refractivity (Wildman–Crippen MR) is 132 cm³/mol. The third kappa shape index (κ3) is 4.34. The number of fused-ring (bicyclic) bond motifs is 5. The Hall–Kier alpha value is -0.770. The first-order valence-electron chi connectivity index (χ1n) is 13.2. The van der Waals surface area contributed by atoms with Gasteiger partial charge >= 0.3 is 5.97 Å². The smallest absolute Gasteiger partial charge is 0.302 e. The van der Waals surface area contributed by atoms with Gasteiger partial charge in [-0.25, -0.2) is 0 Å². The number of ether oxygens (including phenoxy) is 1. The van der Waals surface area contributed by atoms with E-state index in [1.165, 1.54) is 57.2 Å². The van der Waals surface area contributed by atoms with Crippen LogP contribution in [0.4, 0.5) is 0 Å². The van der Waals surface area contributed by atoms with Crippen molar-refractivity contribution in [2.24, 2.45) is 40.4 Å². The van der Waals surface area contributed by atoms with Gasteiger partial charge in [0.25, 0.3) is 0 Å². The summed E-state index contributed by atoms with van der Waals surface area (Å²) in [4.78, 5) is 23.6. The molecule has 0 heterocycles. The Balaban J connectivity index is 1.46. The molecule has 32 heavy (non-hydrogen) atoms. The Morgan fingerprint density at radius 3 is 2.66 bits per heavy atom. The highest BCUT2D eigenvalue weighted by atomic mass is 32.2. The van der Waals surface area contributed by atoms with Gasteiger partial charge in [0.15, 0.2) is 5.12 Å². The second-order valence-electron chi connectivity index (χ2n) is 11.8. The maximum atomic E-state index is 12.1. The third-order valence-electron chi connectivity index (χ3n) is 10.3. The minimum atomic E-state index is -0.137. The summed E-state index contributed by atoms with van der Waals surface area (Å²) in [6.45, 7) is 11.2. The second kappa shape index (κ2) is 9.47. The SMILES string of the molecule is CCSC(=O)CC[C@@H](C)[C@H]1CC[C@H]2[C@@H]3CC=C4CC(OC(C)=O)CC[C@]4(C)[C@H]3CC[C@]12C. The van der Waals surface area contributed by atoms with Gasteiger partial charge in [0, 0.05) is 19.8 Å². The van der Waals surface area contributed by atoms with Gasteiger partial charge < -0.3 is 4.74 Å². The van der Waals surface area contributed by atoms with E-state index >= 15 is 0 Å². The summed E-state index contributed by atoms with van der Waals surface area (Å²) >= 11 is 1.49. The van der Waals surface area contributed by atoms with Crippen LogP contribution < -0.4 is 0 Å². The number of thioether (sulfide) groups is 1. The first-order chi connectivity index (χ1) is 15.2. The van der Waals surface area contributed by atoms with Crippen molar-refractivity contribution in [3.05, 3.63) is 11.6 Å². The molecule has 180 valence electrons. The molecule has 0 aromatic rings.